The van der Waals surface area contributed by atoms with Gasteiger partial charge in [-0.1, -0.05) is 13.8 Å². The highest BCUT2D eigenvalue weighted by atomic mass is 19.1. The molecule has 0 aromatic carbocycles. The minimum Gasteiger partial charge on any atom is -0.392 e. The zero-order valence-electron chi connectivity index (χ0n) is 9.94. The summed E-state index contributed by atoms with van der Waals surface area (Å²) in [5.74, 6) is -0.00139. The molecule has 0 amide bonds. The Kier molecular flexibility index (Phi) is 4.83. The van der Waals surface area contributed by atoms with E-state index >= 15 is 0 Å². The monoisotopic (exact) mass is 226 g/mol. The second-order valence-electron chi connectivity index (χ2n) is 4.38. The lowest BCUT2D eigenvalue weighted by atomic mass is 10.00. The van der Waals surface area contributed by atoms with Crippen molar-refractivity contribution in [2.75, 3.05) is 6.54 Å². The summed E-state index contributed by atoms with van der Waals surface area (Å²) in [7, 11) is 0. The topological polar surface area (TPSA) is 45.1 Å². The van der Waals surface area contributed by atoms with E-state index < -0.39 is 6.10 Å². The van der Waals surface area contributed by atoms with E-state index in [-0.39, 0.29) is 11.9 Å². The number of nitrogens with zero attached hydrogens (tertiary/aromatic N) is 1. The molecular weight excluding hydrogens is 207 g/mol. The van der Waals surface area contributed by atoms with E-state index in [0.717, 1.165) is 5.69 Å². The van der Waals surface area contributed by atoms with Crippen molar-refractivity contribution in [1.29, 1.82) is 0 Å². The normalized spacial score (nSPS) is 15.1. The van der Waals surface area contributed by atoms with Gasteiger partial charge in [-0.15, -0.1) is 0 Å². The molecule has 0 aliphatic rings. The average molecular weight is 226 g/mol. The van der Waals surface area contributed by atoms with Gasteiger partial charge in [0.1, 0.15) is 5.82 Å². The Morgan fingerprint density at radius 3 is 2.50 bits per heavy atom. The minimum absolute atomic E-state index is 0.0372. The molecule has 0 fully saturated rings. The Hall–Kier alpha value is -1.00. The first-order valence-corrected chi connectivity index (χ1v) is 5.53. The van der Waals surface area contributed by atoms with Gasteiger partial charge >= 0.3 is 0 Å². The maximum atomic E-state index is 12.7. The van der Waals surface area contributed by atoms with Crippen molar-refractivity contribution in [3.05, 3.63) is 29.8 Å². The highest BCUT2D eigenvalue weighted by Crippen LogP contribution is 2.19. The Labute approximate surface area is 95.7 Å². The Balaban J connectivity index is 2.73. The molecule has 0 saturated heterocycles. The summed E-state index contributed by atoms with van der Waals surface area (Å²) in [6, 6.07) is 3.12. The standard InChI is InChI=1S/C12H19FN2O/c1-8(2)12(15-6-9(3)16)11-5-4-10(13)7-14-11/h4-5,7-9,12,15-16H,6H2,1-3H3/t9-,12?/m0/s1. The summed E-state index contributed by atoms with van der Waals surface area (Å²) in [6.45, 7) is 6.35. The molecule has 2 atom stereocenters. The third-order valence-corrected chi connectivity index (χ3v) is 2.37. The van der Waals surface area contributed by atoms with Crippen LogP contribution in [0.15, 0.2) is 18.3 Å². The molecule has 0 aliphatic heterocycles. The molecule has 0 radical (unpaired) electrons. The number of halogens is 1. The molecule has 16 heavy (non-hydrogen) atoms. The molecule has 90 valence electrons. The third kappa shape index (κ3) is 3.87. The van der Waals surface area contributed by atoms with Gasteiger partial charge in [0.15, 0.2) is 0 Å². The lowest BCUT2D eigenvalue weighted by molar-refractivity contribution is 0.181. The quantitative estimate of drug-likeness (QED) is 0.806. The fourth-order valence-electron chi connectivity index (χ4n) is 1.55. The van der Waals surface area contributed by atoms with Crippen LogP contribution in [0.1, 0.15) is 32.5 Å². The summed E-state index contributed by atoms with van der Waals surface area (Å²) >= 11 is 0. The van der Waals surface area contributed by atoms with Crippen LogP contribution >= 0.6 is 0 Å². The van der Waals surface area contributed by atoms with Crippen LogP contribution in [-0.4, -0.2) is 22.7 Å². The second-order valence-corrected chi connectivity index (χ2v) is 4.38. The zero-order chi connectivity index (χ0) is 12.1. The van der Waals surface area contributed by atoms with Crippen molar-refractivity contribution >= 4 is 0 Å². The molecular formula is C12H19FN2O. The van der Waals surface area contributed by atoms with Crippen molar-refractivity contribution in [2.24, 2.45) is 5.92 Å². The van der Waals surface area contributed by atoms with E-state index in [1.807, 2.05) is 0 Å². The van der Waals surface area contributed by atoms with Crippen LogP contribution < -0.4 is 5.32 Å². The van der Waals surface area contributed by atoms with Crippen LogP contribution in [0.5, 0.6) is 0 Å². The van der Waals surface area contributed by atoms with Gasteiger partial charge in [0.25, 0.3) is 0 Å². The number of hydrogen-bond donors (Lipinski definition) is 2. The molecule has 0 spiro atoms. The predicted molar refractivity (Wildman–Crippen MR) is 61.5 cm³/mol. The van der Waals surface area contributed by atoms with Gasteiger partial charge in [-0.2, -0.15) is 0 Å². The number of aliphatic hydroxyl groups excluding tert-OH is 1. The van der Waals surface area contributed by atoms with Gasteiger partial charge in [0, 0.05) is 6.54 Å². The summed E-state index contributed by atoms with van der Waals surface area (Å²) in [4.78, 5) is 4.06. The van der Waals surface area contributed by atoms with E-state index in [1.54, 1.807) is 13.0 Å². The summed E-state index contributed by atoms with van der Waals surface area (Å²) < 4.78 is 12.7. The highest BCUT2D eigenvalue weighted by Gasteiger charge is 2.16. The van der Waals surface area contributed by atoms with Gasteiger partial charge < -0.3 is 10.4 Å². The van der Waals surface area contributed by atoms with Crippen molar-refractivity contribution < 1.29 is 9.50 Å². The molecule has 1 rings (SSSR count). The van der Waals surface area contributed by atoms with E-state index in [9.17, 15) is 9.50 Å². The summed E-state index contributed by atoms with van der Waals surface area (Å²) in [5.41, 5.74) is 0.803. The van der Waals surface area contributed by atoms with Crippen LogP contribution in [-0.2, 0) is 0 Å². The van der Waals surface area contributed by atoms with E-state index in [2.05, 4.69) is 24.1 Å². The van der Waals surface area contributed by atoms with E-state index in [1.165, 1.54) is 12.3 Å². The molecule has 1 aromatic heterocycles. The van der Waals surface area contributed by atoms with Gasteiger partial charge in [0.05, 0.1) is 24.0 Å². The Morgan fingerprint density at radius 1 is 1.38 bits per heavy atom. The van der Waals surface area contributed by atoms with Gasteiger partial charge in [0.2, 0.25) is 0 Å². The van der Waals surface area contributed by atoms with Crippen LogP contribution in [0.4, 0.5) is 4.39 Å². The molecule has 1 unspecified atom stereocenters. The summed E-state index contributed by atoms with van der Waals surface area (Å²) in [5, 5.41) is 12.5. The highest BCUT2D eigenvalue weighted by molar-refractivity contribution is 5.10. The predicted octanol–water partition coefficient (Wildman–Crippen LogP) is 1.89. The molecule has 1 heterocycles. The van der Waals surface area contributed by atoms with Crippen molar-refractivity contribution in [3.63, 3.8) is 0 Å². The molecule has 3 nitrogen and oxygen atoms in total. The van der Waals surface area contributed by atoms with E-state index in [4.69, 9.17) is 0 Å². The number of aliphatic hydroxyl groups is 1. The van der Waals surface area contributed by atoms with Gasteiger partial charge in [-0.25, -0.2) is 4.39 Å². The summed E-state index contributed by atoms with van der Waals surface area (Å²) in [6.07, 6.45) is 0.816. The molecule has 1 aromatic rings. The van der Waals surface area contributed by atoms with Gasteiger partial charge in [-0.05, 0) is 25.0 Å². The fourth-order valence-corrected chi connectivity index (χ4v) is 1.55. The Bertz CT molecular complexity index is 311. The minimum atomic E-state index is -0.401. The first-order valence-electron chi connectivity index (χ1n) is 5.53. The SMILES string of the molecule is CC(C)C(NC[C@H](C)O)c1ccc(F)cn1. The average Bonchev–Trinajstić information content (AvgIpc) is 2.20. The van der Waals surface area contributed by atoms with Crippen LogP contribution in [0.3, 0.4) is 0 Å². The third-order valence-electron chi connectivity index (χ3n) is 2.37. The van der Waals surface area contributed by atoms with Crippen molar-refractivity contribution in [3.8, 4) is 0 Å². The van der Waals surface area contributed by atoms with E-state index in [0.29, 0.717) is 12.5 Å². The maximum absolute atomic E-state index is 12.7. The van der Waals surface area contributed by atoms with Crippen LogP contribution in [0, 0.1) is 11.7 Å². The first kappa shape index (κ1) is 13.1. The molecule has 0 bridgehead atoms. The lowest BCUT2D eigenvalue weighted by Crippen LogP contribution is -2.32. The Morgan fingerprint density at radius 2 is 2.06 bits per heavy atom. The van der Waals surface area contributed by atoms with Crippen molar-refractivity contribution in [2.45, 2.75) is 32.9 Å². The molecule has 0 saturated carbocycles. The maximum Gasteiger partial charge on any atom is 0.141 e. The first-order chi connectivity index (χ1) is 7.50. The number of hydrogen-bond acceptors (Lipinski definition) is 3. The number of aromatic nitrogens is 1. The smallest absolute Gasteiger partial charge is 0.141 e. The largest absolute Gasteiger partial charge is 0.392 e. The fraction of sp³-hybridized carbons (Fsp3) is 0.583. The molecule has 2 N–H and O–H groups in total. The number of rotatable bonds is 5. The number of nitrogens with one attached hydrogen (secondary N) is 1. The number of pyridine rings is 1. The molecule has 4 heteroatoms. The second kappa shape index (κ2) is 5.92. The lowest BCUT2D eigenvalue weighted by Gasteiger charge is -2.22. The van der Waals surface area contributed by atoms with Crippen LogP contribution in [0.2, 0.25) is 0 Å². The zero-order valence-corrected chi connectivity index (χ0v) is 9.94. The van der Waals surface area contributed by atoms with Crippen molar-refractivity contribution in [1.82, 2.24) is 10.3 Å². The molecule has 0 aliphatic carbocycles. The van der Waals surface area contributed by atoms with Gasteiger partial charge in [-0.3, -0.25) is 4.98 Å². The van der Waals surface area contributed by atoms with Crippen LogP contribution in [0.25, 0.3) is 0 Å².